The van der Waals surface area contributed by atoms with Crippen LogP contribution in [0.25, 0.3) is 11.0 Å². The van der Waals surface area contributed by atoms with Crippen LogP contribution in [0, 0.1) is 0 Å². The summed E-state index contributed by atoms with van der Waals surface area (Å²) in [4.78, 5) is 25.2. The summed E-state index contributed by atoms with van der Waals surface area (Å²) in [6.45, 7) is 3.87. The van der Waals surface area contributed by atoms with Crippen LogP contribution in [0.15, 0.2) is 12.5 Å². The van der Waals surface area contributed by atoms with Crippen LogP contribution >= 0.6 is 0 Å². The Morgan fingerprint density at radius 1 is 1.28 bits per heavy atom. The molecule has 0 aromatic carbocycles. The van der Waals surface area contributed by atoms with E-state index in [0.29, 0.717) is 26.2 Å². The highest BCUT2D eigenvalue weighted by atomic mass is 16.5. The van der Waals surface area contributed by atoms with Crippen LogP contribution in [-0.2, 0) is 16.1 Å². The fourth-order valence-corrected chi connectivity index (χ4v) is 3.51. The summed E-state index contributed by atoms with van der Waals surface area (Å²) < 4.78 is 7.18. The second-order valence-electron chi connectivity index (χ2n) is 6.34. The van der Waals surface area contributed by atoms with Gasteiger partial charge < -0.3 is 19.6 Å². The molecular formula is C16H22N6O3. The Labute approximate surface area is 145 Å². The number of hydrogen-bond donors (Lipinski definition) is 1. The normalized spacial score (nSPS) is 21.2. The number of carbonyl (C=O) groups is 1. The third-order valence-electron chi connectivity index (χ3n) is 4.82. The molecule has 0 saturated carbocycles. The molecular weight excluding hydrogens is 324 g/mol. The summed E-state index contributed by atoms with van der Waals surface area (Å²) in [5, 5.41) is 14.3. The monoisotopic (exact) mass is 346 g/mol. The van der Waals surface area contributed by atoms with Gasteiger partial charge in [-0.1, -0.05) is 0 Å². The summed E-state index contributed by atoms with van der Waals surface area (Å²) in [6, 6.07) is 0. The number of piperazine rings is 1. The molecule has 4 heterocycles. The highest BCUT2D eigenvalue weighted by Gasteiger charge is 2.31. The first-order valence-electron chi connectivity index (χ1n) is 8.70. The van der Waals surface area contributed by atoms with Crippen LogP contribution in [0.4, 0.5) is 5.82 Å². The Morgan fingerprint density at radius 2 is 2.12 bits per heavy atom. The van der Waals surface area contributed by atoms with E-state index in [4.69, 9.17) is 9.84 Å². The van der Waals surface area contributed by atoms with Crippen LogP contribution in [0.5, 0.6) is 0 Å². The van der Waals surface area contributed by atoms with Crippen molar-refractivity contribution < 1.29 is 14.6 Å². The number of ether oxygens (including phenoxy) is 1. The number of nitrogens with zero attached hydrogens (tertiary/aromatic N) is 6. The van der Waals surface area contributed by atoms with Gasteiger partial charge in [-0.05, 0) is 12.8 Å². The molecule has 1 amide bonds. The van der Waals surface area contributed by atoms with Crippen molar-refractivity contribution >= 4 is 22.8 Å². The van der Waals surface area contributed by atoms with E-state index in [2.05, 4.69) is 20.0 Å². The quantitative estimate of drug-likeness (QED) is 0.808. The summed E-state index contributed by atoms with van der Waals surface area (Å²) in [5.74, 6) is 0.944. The van der Waals surface area contributed by atoms with Crippen LogP contribution in [0.1, 0.15) is 12.8 Å². The topological polar surface area (TPSA) is 96.6 Å². The molecule has 9 nitrogen and oxygen atoms in total. The molecule has 2 aliphatic rings. The molecule has 2 fully saturated rings. The van der Waals surface area contributed by atoms with Crippen molar-refractivity contribution in [2.45, 2.75) is 25.5 Å². The van der Waals surface area contributed by atoms with Crippen molar-refractivity contribution in [3.63, 3.8) is 0 Å². The van der Waals surface area contributed by atoms with Crippen LogP contribution in [-0.4, -0.2) is 81.2 Å². The van der Waals surface area contributed by atoms with E-state index in [1.165, 1.54) is 6.33 Å². The fraction of sp³-hybridized carbons (Fsp3) is 0.625. The number of amides is 1. The van der Waals surface area contributed by atoms with Crippen LogP contribution in [0.3, 0.4) is 0 Å². The average Bonchev–Trinajstić information content (AvgIpc) is 3.32. The van der Waals surface area contributed by atoms with Gasteiger partial charge in [0, 0.05) is 32.8 Å². The highest BCUT2D eigenvalue weighted by molar-refractivity contribution is 5.87. The number of hydrogen-bond acceptors (Lipinski definition) is 7. The molecule has 2 aromatic heterocycles. The van der Waals surface area contributed by atoms with Gasteiger partial charge in [0.2, 0.25) is 0 Å². The summed E-state index contributed by atoms with van der Waals surface area (Å²) >= 11 is 0. The number of carbonyl (C=O) groups excluding carboxylic acids is 1. The lowest BCUT2D eigenvalue weighted by atomic mass is 10.2. The lowest BCUT2D eigenvalue weighted by Gasteiger charge is -2.36. The smallest absolute Gasteiger partial charge is 0.251 e. The largest absolute Gasteiger partial charge is 0.394 e. The van der Waals surface area contributed by atoms with Gasteiger partial charge >= 0.3 is 0 Å². The second kappa shape index (κ2) is 6.93. The second-order valence-corrected chi connectivity index (χ2v) is 6.34. The first kappa shape index (κ1) is 16.2. The molecule has 0 spiro atoms. The molecule has 0 radical (unpaired) electrons. The molecule has 0 aliphatic carbocycles. The SMILES string of the molecule is O=C([C@H]1CCCO1)N1CCN(c2ncnc3c2cnn3CCO)CC1. The number of anilines is 1. The number of aromatic nitrogens is 4. The molecule has 1 N–H and O–H groups in total. The molecule has 9 heteroatoms. The zero-order valence-corrected chi connectivity index (χ0v) is 14.0. The molecule has 134 valence electrons. The van der Waals surface area contributed by atoms with Gasteiger partial charge in [-0.25, -0.2) is 14.6 Å². The van der Waals surface area contributed by atoms with Crippen molar-refractivity contribution in [2.24, 2.45) is 0 Å². The molecule has 0 unspecified atom stereocenters. The first-order valence-corrected chi connectivity index (χ1v) is 8.70. The minimum Gasteiger partial charge on any atom is -0.394 e. The Hall–Kier alpha value is -2.26. The number of aliphatic hydroxyl groups is 1. The van der Waals surface area contributed by atoms with E-state index in [9.17, 15) is 4.79 Å². The van der Waals surface area contributed by atoms with Crippen molar-refractivity contribution in [3.05, 3.63) is 12.5 Å². The number of rotatable bonds is 4. The van der Waals surface area contributed by atoms with E-state index in [1.807, 2.05) is 4.90 Å². The maximum Gasteiger partial charge on any atom is 0.251 e. The van der Waals surface area contributed by atoms with Gasteiger partial charge in [0.1, 0.15) is 18.2 Å². The van der Waals surface area contributed by atoms with E-state index < -0.39 is 0 Å². The molecule has 2 saturated heterocycles. The minimum absolute atomic E-state index is 0.0140. The Bertz CT molecular complexity index is 749. The Morgan fingerprint density at radius 3 is 2.84 bits per heavy atom. The van der Waals surface area contributed by atoms with E-state index in [0.717, 1.165) is 42.8 Å². The van der Waals surface area contributed by atoms with E-state index >= 15 is 0 Å². The minimum atomic E-state index is -0.256. The maximum absolute atomic E-state index is 12.5. The van der Waals surface area contributed by atoms with Gasteiger partial charge in [-0.3, -0.25) is 4.79 Å². The first-order chi connectivity index (χ1) is 12.3. The zero-order chi connectivity index (χ0) is 17.2. The van der Waals surface area contributed by atoms with Gasteiger partial charge in [0.25, 0.3) is 5.91 Å². The summed E-state index contributed by atoms with van der Waals surface area (Å²) in [5.41, 5.74) is 0.719. The Kier molecular flexibility index (Phi) is 4.50. The van der Waals surface area contributed by atoms with E-state index in [1.54, 1.807) is 10.9 Å². The predicted molar refractivity (Wildman–Crippen MR) is 90.2 cm³/mol. The lowest BCUT2D eigenvalue weighted by molar-refractivity contribution is -0.141. The summed E-state index contributed by atoms with van der Waals surface area (Å²) in [7, 11) is 0. The van der Waals surface area contributed by atoms with Gasteiger partial charge in [-0.15, -0.1) is 0 Å². The average molecular weight is 346 g/mol. The van der Waals surface area contributed by atoms with Crippen molar-refractivity contribution in [2.75, 3.05) is 44.3 Å². The van der Waals surface area contributed by atoms with Gasteiger partial charge in [-0.2, -0.15) is 5.10 Å². The van der Waals surface area contributed by atoms with E-state index in [-0.39, 0.29) is 18.6 Å². The molecule has 0 bridgehead atoms. The number of aliphatic hydroxyl groups excluding tert-OH is 1. The zero-order valence-electron chi connectivity index (χ0n) is 14.0. The Balaban J connectivity index is 1.47. The lowest BCUT2D eigenvalue weighted by Crippen LogP contribution is -2.51. The third-order valence-corrected chi connectivity index (χ3v) is 4.82. The fourth-order valence-electron chi connectivity index (χ4n) is 3.51. The van der Waals surface area contributed by atoms with Gasteiger partial charge in [0.05, 0.1) is 24.7 Å². The predicted octanol–water partition coefficient (Wildman–Crippen LogP) is -0.354. The van der Waals surface area contributed by atoms with Crippen molar-refractivity contribution in [1.82, 2.24) is 24.6 Å². The molecule has 25 heavy (non-hydrogen) atoms. The standard InChI is InChI=1S/C16H22N6O3/c23-8-7-22-15-12(10-19-22)14(17-11-18-15)20-3-5-21(6-4-20)16(24)13-2-1-9-25-13/h10-11,13,23H,1-9H2/t13-/m1/s1. The highest BCUT2D eigenvalue weighted by Crippen LogP contribution is 2.24. The molecule has 2 aromatic rings. The van der Waals surface area contributed by atoms with Crippen molar-refractivity contribution in [3.8, 4) is 0 Å². The summed E-state index contributed by atoms with van der Waals surface area (Å²) in [6.07, 6.45) is 4.80. The third kappa shape index (κ3) is 3.05. The van der Waals surface area contributed by atoms with Gasteiger partial charge in [0.15, 0.2) is 5.65 Å². The van der Waals surface area contributed by atoms with Crippen molar-refractivity contribution in [1.29, 1.82) is 0 Å². The van der Waals surface area contributed by atoms with Crippen LogP contribution in [0.2, 0.25) is 0 Å². The maximum atomic E-state index is 12.5. The number of fused-ring (bicyclic) bond motifs is 1. The van der Waals surface area contributed by atoms with Crippen LogP contribution < -0.4 is 4.90 Å². The molecule has 2 aliphatic heterocycles. The molecule has 4 rings (SSSR count). The molecule has 1 atom stereocenters.